The van der Waals surface area contributed by atoms with Crippen LogP contribution in [0.25, 0.3) is 0 Å². The fourth-order valence-corrected chi connectivity index (χ4v) is 1.99. The first-order valence-corrected chi connectivity index (χ1v) is 6.59. The fraction of sp³-hybridized carbons (Fsp3) is 0.357. The highest BCUT2D eigenvalue weighted by Crippen LogP contribution is 2.06. The molecule has 1 aromatic heterocycles. The summed E-state index contributed by atoms with van der Waals surface area (Å²) in [4.78, 5) is 6.14. The van der Waals surface area contributed by atoms with Crippen molar-refractivity contribution in [3.05, 3.63) is 47.8 Å². The van der Waals surface area contributed by atoms with Crippen molar-refractivity contribution in [3.8, 4) is 0 Å². The second-order valence-corrected chi connectivity index (χ2v) is 4.74. The van der Waals surface area contributed by atoms with Crippen LogP contribution in [0.1, 0.15) is 11.4 Å². The highest BCUT2D eigenvalue weighted by Gasteiger charge is 2.08. The monoisotopic (exact) mass is 290 g/mol. The molecule has 0 radical (unpaired) electrons. The molecule has 0 fully saturated rings. The Morgan fingerprint density at radius 3 is 2.90 bits per heavy atom. The Labute approximate surface area is 123 Å². The van der Waals surface area contributed by atoms with Crippen LogP contribution in [0.2, 0.25) is 0 Å². The number of nitrogens with one attached hydrogen (secondary N) is 1. The topological polar surface area (TPSA) is 58.3 Å². The number of aromatic nitrogens is 3. The van der Waals surface area contributed by atoms with Crippen LogP contribution in [0, 0.1) is 5.82 Å². The van der Waals surface area contributed by atoms with Gasteiger partial charge in [-0.25, -0.2) is 4.39 Å². The van der Waals surface area contributed by atoms with E-state index < -0.39 is 0 Å². The number of aryl methyl sites for hydroxylation is 1. The molecule has 7 heteroatoms. The summed E-state index contributed by atoms with van der Waals surface area (Å²) in [6.07, 6.45) is 1.65. The van der Waals surface area contributed by atoms with Gasteiger partial charge in [-0.15, -0.1) is 10.2 Å². The van der Waals surface area contributed by atoms with Gasteiger partial charge >= 0.3 is 0 Å². The molecule has 1 aromatic carbocycles. The summed E-state index contributed by atoms with van der Waals surface area (Å²) >= 11 is 0. The average Bonchev–Trinajstić information content (AvgIpc) is 2.85. The van der Waals surface area contributed by atoms with E-state index in [0.717, 1.165) is 11.4 Å². The minimum absolute atomic E-state index is 0.233. The first-order chi connectivity index (χ1) is 10.1. The third-order valence-electron chi connectivity index (χ3n) is 3.09. The predicted molar refractivity (Wildman–Crippen MR) is 79.1 cm³/mol. The van der Waals surface area contributed by atoms with E-state index in [0.29, 0.717) is 19.0 Å². The van der Waals surface area contributed by atoms with Gasteiger partial charge < -0.3 is 14.8 Å². The summed E-state index contributed by atoms with van der Waals surface area (Å²) in [5.74, 6) is 1.29. The van der Waals surface area contributed by atoms with Gasteiger partial charge in [0, 0.05) is 27.7 Å². The largest absolute Gasteiger partial charge is 0.349 e. The van der Waals surface area contributed by atoms with Gasteiger partial charge in [0.05, 0.1) is 6.54 Å². The van der Waals surface area contributed by atoms with Gasteiger partial charge in [0.15, 0.2) is 11.8 Å². The van der Waals surface area contributed by atoms with Crippen LogP contribution in [-0.4, -0.2) is 39.7 Å². The number of hydrogen-bond acceptors (Lipinski definition) is 3. The van der Waals surface area contributed by atoms with Crippen molar-refractivity contribution in [1.82, 2.24) is 25.0 Å². The Kier molecular flexibility index (Phi) is 4.86. The molecule has 2 rings (SSSR count). The van der Waals surface area contributed by atoms with Crippen LogP contribution in [0.15, 0.2) is 35.6 Å². The van der Waals surface area contributed by atoms with Crippen molar-refractivity contribution >= 4 is 5.96 Å². The van der Waals surface area contributed by atoms with Gasteiger partial charge in [-0.05, 0) is 17.7 Å². The van der Waals surface area contributed by atoms with Crippen molar-refractivity contribution in [2.24, 2.45) is 12.0 Å². The molecule has 2 aromatic rings. The van der Waals surface area contributed by atoms with Crippen LogP contribution in [0.4, 0.5) is 4.39 Å². The zero-order valence-corrected chi connectivity index (χ0v) is 12.4. The van der Waals surface area contributed by atoms with Crippen molar-refractivity contribution in [1.29, 1.82) is 0 Å². The second-order valence-electron chi connectivity index (χ2n) is 4.74. The summed E-state index contributed by atoms with van der Waals surface area (Å²) in [5.41, 5.74) is 0.888. The van der Waals surface area contributed by atoms with E-state index in [1.807, 2.05) is 29.6 Å². The molecule has 0 unspecified atom stereocenters. The third-order valence-corrected chi connectivity index (χ3v) is 3.09. The van der Waals surface area contributed by atoms with Crippen molar-refractivity contribution in [3.63, 3.8) is 0 Å². The molecule has 0 saturated carbocycles. The van der Waals surface area contributed by atoms with Crippen LogP contribution < -0.4 is 5.32 Å². The van der Waals surface area contributed by atoms with Crippen LogP contribution >= 0.6 is 0 Å². The molecule has 0 aliphatic rings. The number of guanidine groups is 1. The zero-order chi connectivity index (χ0) is 15.2. The lowest BCUT2D eigenvalue weighted by atomic mass is 10.2. The number of rotatable bonds is 4. The van der Waals surface area contributed by atoms with Crippen LogP contribution in [-0.2, 0) is 20.1 Å². The molecular formula is C14H19FN6. The van der Waals surface area contributed by atoms with Gasteiger partial charge in [0.1, 0.15) is 12.1 Å². The zero-order valence-electron chi connectivity index (χ0n) is 12.4. The summed E-state index contributed by atoms with van der Waals surface area (Å²) in [6.45, 7) is 1.09. The van der Waals surface area contributed by atoms with E-state index in [2.05, 4.69) is 20.5 Å². The lowest BCUT2D eigenvalue weighted by Gasteiger charge is -2.22. The summed E-state index contributed by atoms with van der Waals surface area (Å²) in [6, 6.07) is 6.54. The Bertz CT molecular complexity index is 621. The molecule has 1 heterocycles. The molecule has 112 valence electrons. The lowest BCUT2D eigenvalue weighted by Crippen LogP contribution is -2.38. The first-order valence-electron chi connectivity index (χ1n) is 6.59. The number of benzene rings is 1. The van der Waals surface area contributed by atoms with E-state index >= 15 is 0 Å². The molecule has 0 amide bonds. The lowest BCUT2D eigenvalue weighted by molar-refractivity contribution is 0.472. The minimum atomic E-state index is -0.233. The third kappa shape index (κ3) is 4.01. The maximum atomic E-state index is 13.2. The summed E-state index contributed by atoms with van der Waals surface area (Å²) in [7, 11) is 5.49. The molecule has 0 saturated heterocycles. The van der Waals surface area contributed by atoms with Gasteiger partial charge in [-0.2, -0.15) is 0 Å². The standard InChI is InChI=1S/C14H19FN6/c1-16-14(17-8-13-19-18-10-21(13)3)20(2)9-11-5-4-6-12(15)7-11/h4-7,10H,8-9H2,1-3H3,(H,16,17). The van der Waals surface area contributed by atoms with Gasteiger partial charge in [-0.1, -0.05) is 12.1 Å². The quantitative estimate of drug-likeness (QED) is 0.678. The Morgan fingerprint density at radius 1 is 1.48 bits per heavy atom. The highest BCUT2D eigenvalue weighted by atomic mass is 19.1. The highest BCUT2D eigenvalue weighted by molar-refractivity contribution is 5.79. The van der Waals surface area contributed by atoms with E-state index in [1.165, 1.54) is 12.1 Å². The first kappa shape index (κ1) is 15.0. The maximum absolute atomic E-state index is 13.2. The molecule has 0 aliphatic carbocycles. The average molecular weight is 290 g/mol. The number of hydrogen-bond donors (Lipinski definition) is 1. The number of halogens is 1. The molecule has 0 aliphatic heterocycles. The van der Waals surface area contributed by atoms with Crippen molar-refractivity contribution in [2.75, 3.05) is 14.1 Å². The van der Waals surface area contributed by atoms with Crippen LogP contribution in [0.3, 0.4) is 0 Å². The van der Waals surface area contributed by atoms with Gasteiger partial charge in [0.25, 0.3) is 0 Å². The van der Waals surface area contributed by atoms with E-state index in [-0.39, 0.29) is 5.82 Å². The van der Waals surface area contributed by atoms with Crippen molar-refractivity contribution < 1.29 is 4.39 Å². The SMILES string of the molecule is CN=C(NCc1nncn1C)N(C)Cc1cccc(F)c1. The second kappa shape index (κ2) is 6.83. The Morgan fingerprint density at radius 2 is 2.29 bits per heavy atom. The molecular weight excluding hydrogens is 271 g/mol. The van der Waals surface area contributed by atoms with Gasteiger partial charge in [0.2, 0.25) is 0 Å². The summed E-state index contributed by atoms with van der Waals surface area (Å²) < 4.78 is 15.0. The Balaban J connectivity index is 1.96. The molecule has 0 atom stereocenters. The number of aliphatic imine (C=N–C) groups is 1. The molecule has 1 N–H and O–H groups in total. The Hall–Kier alpha value is -2.44. The molecule has 21 heavy (non-hydrogen) atoms. The minimum Gasteiger partial charge on any atom is -0.349 e. The molecule has 0 bridgehead atoms. The van der Waals surface area contributed by atoms with E-state index in [1.54, 1.807) is 19.4 Å². The van der Waals surface area contributed by atoms with Gasteiger partial charge in [-0.3, -0.25) is 4.99 Å². The predicted octanol–water partition coefficient (Wildman–Crippen LogP) is 1.16. The normalized spacial score (nSPS) is 11.5. The smallest absolute Gasteiger partial charge is 0.194 e. The van der Waals surface area contributed by atoms with E-state index in [9.17, 15) is 4.39 Å². The number of nitrogens with zero attached hydrogens (tertiary/aromatic N) is 5. The maximum Gasteiger partial charge on any atom is 0.194 e. The van der Waals surface area contributed by atoms with E-state index in [4.69, 9.17) is 0 Å². The van der Waals surface area contributed by atoms with Crippen molar-refractivity contribution in [2.45, 2.75) is 13.1 Å². The fourth-order valence-electron chi connectivity index (χ4n) is 1.99. The molecule has 0 spiro atoms. The molecule has 6 nitrogen and oxygen atoms in total. The summed E-state index contributed by atoms with van der Waals surface area (Å²) in [5, 5.41) is 11.0. The van der Waals surface area contributed by atoms with Crippen LogP contribution in [0.5, 0.6) is 0 Å².